The van der Waals surface area contributed by atoms with Gasteiger partial charge in [0, 0.05) is 18.8 Å². The lowest BCUT2D eigenvalue weighted by atomic mass is 10.2. The molecule has 1 aromatic rings. The number of likely N-dealkylation sites (N-methyl/N-ethyl adjacent to an activating group) is 1. The highest BCUT2D eigenvalue weighted by atomic mass is 32.2. The van der Waals surface area contributed by atoms with Crippen molar-refractivity contribution in [3.8, 4) is 0 Å². The van der Waals surface area contributed by atoms with Gasteiger partial charge in [-0.05, 0) is 38.4 Å². The van der Waals surface area contributed by atoms with E-state index in [-0.39, 0.29) is 6.04 Å². The monoisotopic (exact) mass is 326 g/mol. The van der Waals surface area contributed by atoms with E-state index in [1.807, 2.05) is 23.9 Å². The highest BCUT2D eigenvalue weighted by molar-refractivity contribution is 7.98. The SMILES string of the molecule is CCNC(=NCC(c1ccco1)N(CC)CC)NCCSC. The Bertz CT molecular complexity index is 404. The van der Waals surface area contributed by atoms with Gasteiger partial charge >= 0.3 is 0 Å². The normalized spacial score (nSPS) is 13.4. The van der Waals surface area contributed by atoms with Crippen LogP contribution in [-0.2, 0) is 0 Å². The minimum atomic E-state index is 0.181. The highest BCUT2D eigenvalue weighted by Crippen LogP contribution is 2.21. The molecule has 1 heterocycles. The number of furan rings is 1. The van der Waals surface area contributed by atoms with Crippen molar-refractivity contribution in [1.82, 2.24) is 15.5 Å². The van der Waals surface area contributed by atoms with E-state index in [0.717, 1.165) is 43.7 Å². The zero-order valence-electron chi connectivity index (χ0n) is 14.3. The van der Waals surface area contributed by atoms with Crippen molar-refractivity contribution in [2.45, 2.75) is 26.8 Å². The molecule has 0 radical (unpaired) electrons. The van der Waals surface area contributed by atoms with Crippen molar-refractivity contribution in [2.24, 2.45) is 4.99 Å². The van der Waals surface area contributed by atoms with Crippen LogP contribution in [0.3, 0.4) is 0 Å². The molecule has 126 valence electrons. The molecular weight excluding hydrogens is 296 g/mol. The first-order valence-corrected chi connectivity index (χ1v) is 9.44. The summed E-state index contributed by atoms with van der Waals surface area (Å²) in [4.78, 5) is 7.11. The molecule has 22 heavy (non-hydrogen) atoms. The minimum absolute atomic E-state index is 0.181. The summed E-state index contributed by atoms with van der Waals surface area (Å²) in [5, 5.41) is 6.66. The highest BCUT2D eigenvalue weighted by Gasteiger charge is 2.20. The zero-order valence-corrected chi connectivity index (χ0v) is 15.1. The second-order valence-electron chi connectivity index (χ2n) is 4.89. The van der Waals surface area contributed by atoms with Gasteiger partial charge < -0.3 is 15.1 Å². The minimum Gasteiger partial charge on any atom is -0.468 e. The molecule has 0 aromatic carbocycles. The number of guanidine groups is 1. The van der Waals surface area contributed by atoms with E-state index in [2.05, 4.69) is 42.6 Å². The molecule has 2 N–H and O–H groups in total. The number of nitrogens with one attached hydrogen (secondary N) is 2. The molecule has 0 fully saturated rings. The summed E-state index contributed by atoms with van der Waals surface area (Å²) in [6, 6.07) is 4.16. The maximum Gasteiger partial charge on any atom is 0.191 e. The number of hydrogen-bond donors (Lipinski definition) is 2. The molecule has 0 spiro atoms. The van der Waals surface area contributed by atoms with Gasteiger partial charge in [-0.15, -0.1) is 0 Å². The number of nitrogens with zero attached hydrogens (tertiary/aromatic N) is 2. The first-order valence-electron chi connectivity index (χ1n) is 8.05. The molecule has 0 bridgehead atoms. The second-order valence-corrected chi connectivity index (χ2v) is 5.88. The third-order valence-corrected chi connectivity index (χ3v) is 4.10. The van der Waals surface area contributed by atoms with Crippen molar-refractivity contribution < 1.29 is 4.42 Å². The van der Waals surface area contributed by atoms with Crippen molar-refractivity contribution in [3.63, 3.8) is 0 Å². The van der Waals surface area contributed by atoms with Crippen LogP contribution in [0, 0.1) is 0 Å². The topological polar surface area (TPSA) is 52.8 Å². The fraction of sp³-hybridized carbons (Fsp3) is 0.688. The summed E-state index contributed by atoms with van der Waals surface area (Å²) >= 11 is 1.83. The van der Waals surface area contributed by atoms with E-state index >= 15 is 0 Å². The standard InChI is InChI=1S/C16H30N4OS/c1-5-17-16(18-10-12-22-4)19-13-14(20(6-2)7-3)15-9-8-11-21-15/h8-9,11,14H,5-7,10,12-13H2,1-4H3,(H2,17,18,19). The molecule has 1 unspecified atom stereocenters. The third-order valence-electron chi connectivity index (χ3n) is 3.49. The summed E-state index contributed by atoms with van der Waals surface area (Å²) in [6.45, 7) is 10.9. The fourth-order valence-electron chi connectivity index (χ4n) is 2.32. The summed E-state index contributed by atoms with van der Waals surface area (Å²) in [7, 11) is 0. The maximum atomic E-state index is 5.62. The van der Waals surface area contributed by atoms with Crippen LogP contribution >= 0.6 is 11.8 Å². The molecule has 0 aliphatic heterocycles. The Labute approximate surface area is 138 Å². The number of thioether (sulfide) groups is 1. The van der Waals surface area contributed by atoms with Gasteiger partial charge in [0.05, 0.1) is 18.8 Å². The van der Waals surface area contributed by atoms with Crippen LogP contribution in [0.1, 0.15) is 32.6 Å². The van der Waals surface area contributed by atoms with Gasteiger partial charge in [-0.1, -0.05) is 13.8 Å². The van der Waals surface area contributed by atoms with E-state index in [4.69, 9.17) is 9.41 Å². The summed E-state index contributed by atoms with van der Waals surface area (Å²) in [5.41, 5.74) is 0. The predicted octanol–water partition coefficient (Wildman–Crippen LogP) is 2.58. The van der Waals surface area contributed by atoms with Gasteiger partial charge in [0.2, 0.25) is 0 Å². The molecule has 6 heteroatoms. The van der Waals surface area contributed by atoms with Crippen LogP contribution in [0.4, 0.5) is 0 Å². The lowest BCUT2D eigenvalue weighted by molar-refractivity contribution is 0.198. The smallest absolute Gasteiger partial charge is 0.191 e. The van der Waals surface area contributed by atoms with E-state index in [1.54, 1.807) is 6.26 Å². The molecule has 0 saturated heterocycles. The third kappa shape index (κ3) is 6.32. The van der Waals surface area contributed by atoms with Gasteiger partial charge in [-0.25, -0.2) is 0 Å². The fourth-order valence-corrected chi connectivity index (χ4v) is 2.63. The largest absolute Gasteiger partial charge is 0.468 e. The quantitative estimate of drug-likeness (QED) is 0.393. The van der Waals surface area contributed by atoms with Crippen molar-refractivity contribution in [2.75, 3.05) is 44.7 Å². The van der Waals surface area contributed by atoms with Crippen LogP contribution < -0.4 is 10.6 Å². The van der Waals surface area contributed by atoms with Gasteiger partial charge in [0.25, 0.3) is 0 Å². The molecular formula is C16H30N4OS. The molecule has 0 amide bonds. The molecule has 0 aliphatic rings. The maximum absolute atomic E-state index is 5.62. The Morgan fingerprint density at radius 2 is 2.09 bits per heavy atom. The van der Waals surface area contributed by atoms with Crippen molar-refractivity contribution in [3.05, 3.63) is 24.2 Å². The summed E-state index contributed by atoms with van der Waals surface area (Å²) in [6.07, 6.45) is 3.84. The molecule has 1 rings (SSSR count). The first kappa shape index (κ1) is 18.9. The molecule has 0 aliphatic carbocycles. The average molecular weight is 327 g/mol. The Morgan fingerprint density at radius 1 is 1.32 bits per heavy atom. The van der Waals surface area contributed by atoms with E-state index in [1.165, 1.54) is 0 Å². The zero-order chi connectivity index (χ0) is 16.2. The number of rotatable bonds is 10. The number of hydrogen-bond acceptors (Lipinski definition) is 4. The van der Waals surface area contributed by atoms with Gasteiger partial charge in [0.15, 0.2) is 5.96 Å². The molecule has 1 aromatic heterocycles. The van der Waals surface area contributed by atoms with Crippen LogP contribution in [0.15, 0.2) is 27.8 Å². The molecule has 5 nitrogen and oxygen atoms in total. The van der Waals surface area contributed by atoms with Crippen LogP contribution in [-0.4, -0.2) is 55.6 Å². The summed E-state index contributed by atoms with van der Waals surface area (Å²) in [5.74, 6) is 2.93. The predicted molar refractivity (Wildman–Crippen MR) is 96.7 cm³/mol. The van der Waals surface area contributed by atoms with Crippen LogP contribution in [0.2, 0.25) is 0 Å². The van der Waals surface area contributed by atoms with E-state index in [0.29, 0.717) is 6.54 Å². The second kappa shape index (κ2) is 11.4. The number of aliphatic imine (C=N–C) groups is 1. The average Bonchev–Trinajstić information content (AvgIpc) is 3.05. The lowest BCUT2D eigenvalue weighted by Gasteiger charge is -2.27. The van der Waals surface area contributed by atoms with Crippen LogP contribution in [0.25, 0.3) is 0 Å². The van der Waals surface area contributed by atoms with E-state index in [9.17, 15) is 0 Å². The Kier molecular flexibility index (Phi) is 9.82. The van der Waals surface area contributed by atoms with Gasteiger partial charge in [-0.2, -0.15) is 11.8 Å². The van der Waals surface area contributed by atoms with Crippen molar-refractivity contribution in [1.29, 1.82) is 0 Å². The Hall–Kier alpha value is -1.14. The Morgan fingerprint density at radius 3 is 2.64 bits per heavy atom. The molecule has 1 atom stereocenters. The van der Waals surface area contributed by atoms with Gasteiger partial charge in [-0.3, -0.25) is 9.89 Å². The van der Waals surface area contributed by atoms with Crippen LogP contribution in [0.5, 0.6) is 0 Å². The first-order chi connectivity index (χ1) is 10.8. The lowest BCUT2D eigenvalue weighted by Crippen LogP contribution is -2.39. The summed E-state index contributed by atoms with van der Waals surface area (Å²) < 4.78 is 5.62. The van der Waals surface area contributed by atoms with E-state index < -0.39 is 0 Å². The Balaban J connectivity index is 2.75. The van der Waals surface area contributed by atoms with Crippen molar-refractivity contribution >= 4 is 17.7 Å². The molecule has 0 saturated carbocycles. The van der Waals surface area contributed by atoms with Gasteiger partial charge in [0.1, 0.15) is 5.76 Å².